The van der Waals surface area contributed by atoms with Gasteiger partial charge in [0.05, 0.1) is 12.7 Å². The third kappa shape index (κ3) is 11.2. The van der Waals surface area contributed by atoms with Crippen molar-refractivity contribution in [1.82, 2.24) is 0 Å². The highest BCUT2D eigenvalue weighted by molar-refractivity contribution is 5.69. The highest BCUT2D eigenvalue weighted by Gasteiger charge is 2.04. The van der Waals surface area contributed by atoms with Crippen molar-refractivity contribution in [1.29, 1.82) is 0 Å². The second-order valence-corrected chi connectivity index (χ2v) is 4.00. The number of unbranched alkanes of at least 4 members (excludes halogenated alkanes) is 1. The predicted octanol–water partition coefficient (Wildman–Crippen LogP) is 0.391. The van der Waals surface area contributed by atoms with E-state index in [4.69, 9.17) is 4.74 Å². The quantitative estimate of drug-likeness (QED) is 0.444. The van der Waals surface area contributed by atoms with E-state index in [9.17, 15) is 19.8 Å². The summed E-state index contributed by atoms with van der Waals surface area (Å²) in [4.78, 5) is 21.3. The Bertz CT molecular complexity index is 227. The third-order valence-electron chi connectivity index (χ3n) is 2.43. The molecule has 17 heavy (non-hydrogen) atoms. The van der Waals surface area contributed by atoms with Crippen LogP contribution in [0.3, 0.4) is 0 Å². The number of esters is 1. The van der Waals surface area contributed by atoms with Crippen LogP contribution in [0.2, 0.25) is 0 Å². The number of carbonyl (C=O) groups is 2. The van der Waals surface area contributed by atoms with Crippen molar-refractivity contribution in [2.45, 2.75) is 58.0 Å². The Labute approximate surface area is 102 Å². The van der Waals surface area contributed by atoms with Crippen LogP contribution in [0.1, 0.15) is 51.9 Å². The zero-order valence-corrected chi connectivity index (χ0v) is 10.3. The largest absolute Gasteiger partial charge is 0.550 e. The van der Waals surface area contributed by atoms with Crippen molar-refractivity contribution in [2.24, 2.45) is 0 Å². The second-order valence-electron chi connectivity index (χ2n) is 4.00. The molecule has 0 rings (SSSR count). The summed E-state index contributed by atoms with van der Waals surface area (Å²) in [6, 6.07) is 0. The minimum atomic E-state index is -1.09. The number of carboxylic acids is 1. The number of carboxylic acid groups (broad SMARTS) is 1. The Kier molecular flexibility index (Phi) is 9.43. The molecule has 0 aliphatic carbocycles. The normalized spacial score (nSPS) is 12.1. The summed E-state index contributed by atoms with van der Waals surface area (Å²) >= 11 is 0. The summed E-state index contributed by atoms with van der Waals surface area (Å²) in [5, 5.41) is 19.3. The molecule has 0 bridgehead atoms. The maximum atomic E-state index is 11.2. The third-order valence-corrected chi connectivity index (χ3v) is 2.43. The highest BCUT2D eigenvalue weighted by Crippen LogP contribution is 2.04. The first-order chi connectivity index (χ1) is 8.06. The Balaban J connectivity index is 3.32. The van der Waals surface area contributed by atoms with Gasteiger partial charge in [0.2, 0.25) is 0 Å². The van der Waals surface area contributed by atoms with Gasteiger partial charge in [-0.1, -0.05) is 6.92 Å². The fourth-order valence-corrected chi connectivity index (χ4v) is 1.32. The van der Waals surface area contributed by atoms with Gasteiger partial charge in [-0.2, -0.15) is 0 Å². The van der Waals surface area contributed by atoms with Gasteiger partial charge in [0.25, 0.3) is 0 Å². The number of hydrogen-bond acceptors (Lipinski definition) is 5. The molecular weight excluding hydrogens is 224 g/mol. The van der Waals surface area contributed by atoms with E-state index in [0.717, 1.165) is 0 Å². The zero-order valence-electron chi connectivity index (χ0n) is 10.3. The molecule has 0 aromatic rings. The van der Waals surface area contributed by atoms with E-state index in [1.807, 2.05) is 6.92 Å². The molecule has 100 valence electrons. The van der Waals surface area contributed by atoms with E-state index in [0.29, 0.717) is 38.7 Å². The van der Waals surface area contributed by atoms with Crippen LogP contribution in [0, 0.1) is 0 Å². The van der Waals surface area contributed by atoms with E-state index in [-0.39, 0.29) is 24.9 Å². The van der Waals surface area contributed by atoms with Crippen LogP contribution in [0.15, 0.2) is 0 Å². The van der Waals surface area contributed by atoms with Gasteiger partial charge in [-0.25, -0.2) is 0 Å². The smallest absolute Gasteiger partial charge is 0.305 e. The van der Waals surface area contributed by atoms with Crippen molar-refractivity contribution in [3.63, 3.8) is 0 Å². The molecule has 1 N–H and O–H groups in total. The molecule has 1 atom stereocenters. The van der Waals surface area contributed by atoms with Gasteiger partial charge < -0.3 is 19.7 Å². The molecule has 0 heterocycles. The number of aliphatic hydroxyl groups is 1. The first-order valence-corrected chi connectivity index (χ1v) is 6.09. The van der Waals surface area contributed by atoms with Crippen molar-refractivity contribution in [2.75, 3.05) is 6.61 Å². The van der Waals surface area contributed by atoms with Gasteiger partial charge in [-0.3, -0.25) is 4.79 Å². The molecule has 0 spiro atoms. The lowest BCUT2D eigenvalue weighted by atomic mass is 10.1. The Morgan fingerprint density at radius 1 is 1.24 bits per heavy atom. The summed E-state index contributed by atoms with van der Waals surface area (Å²) in [6.07, 6.45) is 2.83. The van der Waals surface area contributed by atoms with Gasteiger partial charge in [0.1, 0.15) is 0 Å². The van der Waals surface area contributed by atoms with E-state index < -0.39 is 5.97 Å². The molecular formula is C12H21O5-. The van der Waals surface area contributed by atoms with Gasteiger partial charge in [-0.15, -0.1) is 0 Å². The van der Waals surface area contributed by atoms with Crippen molar-refractivity contribution < 1.29 is 24.5 Å². The van der Waals surface area contributed by atoms with Crippen molar-refractivity contribution in [3.8, 4) is 0 Å². The molecule has 0 fully saturated rings. The number of aliphatic hydroxyl groups excluding tert-OH is 1. The van der Waals surface area contributed by atoms with Gasteiger partial charge in [0, 0.05) is 12.4 Å². The number of aliphatic carboxylic acids is 1. The molecule has 0 amide bonds. The van der Waals surface area contributed by atoms with E-state index in [2.05, 4.69) is 0 Å². The summed E-state index contributed by atoms with van der Waals surface area (Å²) in [7, 11) is 0. The molecule has 1 unspecified atom stereocenters. The van der Waals surface area contributed by atoms with E-state index >= 15 is 0 Å². The average molecular weight is 245 g/mol. The summed E-state index contributed by atoms with van der Waals surface area (Å²) in [5.41, 5.74) is 0. The molecule has 0 saturated heterocycles. The SMILES string of the molecule is CCC(O)CCCOC(=O)CCCCC(=O)[O-]. The lowest BCUT2D eigenvalue weighted by molar-refractivity contribution is -0.305. The first kappa shape index (κ1) is 15.9. The molecule has 5 nitrogen and oxygen atoms in total. The van der Waals surface area contributed by atoms with Gasteiger partial charge in [-0.05, 0) is 38.5 Å². The summed E-state index contributed by atoms with van der Waals surface area (Å²) < 4.78 is 4.93. The Morgan fingerprint density at radius 3 is 2.47 bits per heavy atom. The Hall–Kier alpha value is -1.10. The maximum absolute atomic E-state index is 11.2. The van der Waals surface area contributed by atoms with Crippen LogP contribution in [0.5, 0.6) is 0 Å². The summed E-state index contributed by atoms with van der Waals surface area (Å²) in [5.74, 6) is -1.40. The lowest BCUT2D eigenvalue weighted by Gasteiger charge is -2.08. The fraction of sp³-hybridized carbons (Fsp3) is 0.833. The second kappa shape index (κ2) is 10.1. The molecule has 0 aromatic heterocycles. The molecule has 0 radical (unpaired) electrons. The zero-order chi connectivity index (χ0) is 13.1. The van der Waals surface area contributed by atoms with E-state index in [1.165, 1.54) is 0 Å². The van der Waals surface area contributed by atoms with Gasteiger partial charge in [0.15, 0.2) is 0 Å². The monoisotopic (exact) mass is 245 g/mol. The molecule has 0 saturated carbocycles. The Morgan fingerprint density at radius 2 is 1.88 bits per heavy atom. The highest BCUT2D eigenvalue weighted by atomic mass is 16.5. The van der Waals surface area contributed by atoms with E-state index in [1.54, 1.807) is 0 Å². The number of carbonyl (C=O) groups excluding carboxylic acids is 2. The van der Waals surface area contributed by atoms with Gasteiger partial charge >= 0.3 is 5.97 Å². The lowest BCUT2D eigenvalue weighted by Crippen LogP contribution is -2.21. The molecule has 5 heteroatoms. The molecule has 0 aliphatic rings. The molecule has 0 aromatic carbocycles. The van der Waals surface area contributed by atoms with Crippen LogP contribution >= 0.6 is 0 Å². The van der Waals surface area contributed by atoms with Crippen LogP contribution < -0.4 is 5.11 Å². The van der Waals surface area contributed by atoms with Crippen LogP contribution in [-0.4, -0.2) is 29.8 Å². The standard InChI is InChI=1S/C12H22O5/c1-2-10(13)6-5-9-17-12(16)8-4-3-7-11(14)15/h10,13H,2-9H2,1H3,(H,14,15)/p-1. The number of rotatable bonds is 10. The van der Waals surface area contributed by atoms with Crippen LogP contribution in [0.4, 0.5) is 0 Å². The first-order valence-electron chi connectivity index (χ1n) is 6.09. The topological polar surface area (TPSA) is 86.7 Å². The van der Waals surface area contributed by atoms with Crippen LogP contribution in [0.25, 0.3) is 0 Å². The molecule has 0 aliphatic heterocycles. The maximum Gasteiger partial charge on any atom is 0.305 e. The number of ether oxygens (including phenoxy) is 1. The predicted molar refractivity (Wildman–Crippen MR) is 60.0 cm³/mol. The van der Waals surface area contributed by atoms with Crippen molar-refractivity contribution in [3.05, 3.63) is 0 Å². The average Bonchev–Trinajstić information content (AvgIpc) is 2.29. The minimum absolute atomic E-state index is 0.0179. The minimum Gasteiger partial charge on any atom is -0.550 e. The summed E-state index contributed by atoms with van der Waals surface area (Å²) in [6.45, 7) is 2.21. The van der Waals surface area contributed by atoms with Crippen LogP contribution in [-0.2, 0) is 14.3 Å². The van der Waals surface area contributed by atoms with Crippen molar-refractivity contribution >= 4 is 11.9 Å². The number of hydrogen-bond donors (Lipinski definition) is 1. The fourth-order valence-electron chi connectivity index (χ4n) is 1.32.